The maximum Gasteiger partial charge on any atom is 0.160 e. The molecule has 0 aromatic heterocycles. The van der Waals surface area contributed by atoms with Gasteiger partial charge in [0.25, 0.3) is 0 Å². The smallest absolute Gasteiger partial charge is 0.160 e. The first-order valence-electron chi connectivity index (χ1n) is 5.57. The van der Waals surface area contributed by atoms with Crippen molar-refractivity contribution < 1.29 is 13.2 Å². The average molecular weight is 286 g/mol. The molecule has 0 aliphatic rings. The molecule has 2 aromatic rings. The van der Waals surface area contributed by atoms with E-state index in [1.54, 1.807) is 19.1 Å². The third-order valence-corrected chi connectivity index (χ3v) is 3.26. The van der Waals surface area contributed by atoms with Crippen molar-refractivity contribution in [1.29, 1.82) is 0 Å². The Morgan fingerprint density at radius 1 is 1.05 bits per heavy atom. The molecule has 0 heterocycles. The van der Waals surface area contributed by atoms with Crippen molar-refractivity contribution in [2.24, 2.45) is 5.73 Å². The SMILES string of the molecule is Cc1cccc(C(N)c2cc(F)c(F)cc2Cl)c1F. The van der Waals surface area contributed by atoms with E-state index in [1.165, 1.54) is 6.07 Å². The van der Waals surface area contributed by atoms with Gasteiger partial charge in [-0.3, -0.25) is 0 Å². The van der Waals surface area contributed by atoms with E-state index in [0.29, 0.717) is 5.56 Å². The maximum absolute atomic E-state index is 14.0. The molecule has 0 amide bonds. The van der Waals surface area contributed by atoms with E-state index in [-0.39, 0.29) is 16.1 Å². The molecule has 5 heteroatoms. The van der Waals surface area contributed by atoms with E-state index < -0.39 is 23.5 Å². The van der Waals surface area contributed by atoms with E-state index in [0.717, 1.165) is 12.1 Å². The summed E-state index contributed by atoms with van der Waals surface area (Å²) in [6, 6.07) is 5.50. The summed E-state index contributed by atoms with van der Waals surface area (Å²) in [4.78, 5) is 0. The van der Waals surface area contributed by atoms with Crippen molar-refractivity contribution in [1.82, 2.24) is 0 Å². The van der Waals surface area contributed by atoms with Gasteiger partial charge < -0.3 is 5.73 Å². The number of benzene rings is 2. The summed E-state index contributed by atoms with van der Waals surface area (Å²) < 4.78 is 40.2. The topological polar surface area (TPSA) is 26.0 Å². The molecule has 0 radical (unpaired) electrons. The van der Waals surface area contributed by atoms with Gasteiger partial charge in [-0.25, -0.2) is 13.2 Å². The average Bonchev–Trinajstić information content (AvgIpc) is 2.36. The Bertz CT molecular complexity index is 628. The van der Waals surface area contributed by atoms with E-state index >= 15 is 0 Å². The van der Waals surface area contributed by atoms with Gasteiger partial charge in [-0.1, -0.05) is 29.8 Å². The summed E-state index contributed by atoms with van der Waals surface area (Å²) in [6.07, 6.45) is 0. The van der Waals surface area contributed by atoms with Crippen molar-refractivity contribution >= 4 is 11.6 Å². The van der Waals surface area contributed by atoms with Crippen LogP contribution in [0.5, 0.6) is 0 Å². The fourth-order valence-corrected chi connectivity index (χ4v) is 2.12. The predicted octanol–water partition coefficient (Wildman–Crippen LogP) is 4.11. The number of hydrogen-bond donors (Lipinski definition) is 1. The molecule has 1 nitrogen and oxygen atoms in total. The number of rotatable bonds is 2. The van der Waals surface area contributed by atoms with Crippen LogP contribution in [0.15, 0.2) is 30.3 Å². The van der Waals surface area contributed by atoms with Crippen LogP contribution in [0, 0.1) is 24.4 Å². The van der Waals surface area contributed by atoms with Gasteiger partial charge in [0.1, 0.15) is 5.82 Å². The van der Waals surface area contributed by atoms with Crippen LogP contribution in [0.25, 0.3) is 0 Å². The van der Waals surface area contributed by atoms with Crippen LogP contribution in [0.3, 0.4) is 0 Å². The Labute approximate surface area is 113 Å². The molecule has 0 saturated carbocycles. The molecule has 0 spiro atoms. The second-order valence-corrected chi connectivity index (χ2v) is 4.65. The quantitative estimate of drug-likeness (QED) is 0.826. The molecule has 100 valence electrons. The van der Waals surface area contributed by atoms with Crippen molar-refractivity contribution in [2.45, 2.75) is 13.0 Å². The van der Waals surface area contributed by atoms with Crippen LogP contribution in [0.2, 0.25) is 5.02 Å². The van der Waals surface area contributed by atoms with Crippen LogP contribution in [0.1, 0.15) is 22.7 Å². The Kier molecular flexibility index (Phi) is 3.83. The van der Waals surface area contributed by atoms with E-state index in [1.807, 2.05) is 0 Å². The highest BCUT2D eigenvalue weighted by molar-refractivity contribution is 6.31. The summed E-state index contributed by atoms with van der Waals surface area (Å²) in [6.45, 7) is 1.60. The molecule has 0 bridgehead atoms. The number of hydrogen-bond acceptors (Lipinski definition) is 1. The first-order chi connectivity index (χ1) is 8.91. The molecule has 1 unspecified atom stereocenters. The standard InChI is InChI=1S/C14H11ClF3N/c1-7-3-2-4-8(13(7)18)14(19)9-5-11(16)12(17)6-10(9)15/h2-6,14H,19H2,1H3. The second-order valence-electron chi connectivity index (χ2n) is 4.24. The van der Waals surface area contributed by atoms with Gasteiger partial charge in [0.15, 0.2) is 11.6 Å². The molecule has 2 aromatic carbocycles. The maximum atomic E-state index is 14.0. The van der Waals surface area contributed by atoms with Crippen molar-refractivity contribution in [2.75, 3.05) is 0 Å². The van der Waals surface area contributed by atoms with Crippen molar-refractivity contribution in [3.05, 3.63) is 69.5 Å². The van der Waals surface area contributed by atoms with Crippen LogP contribution in [-0.4, -0.2) is 0 Å². The zero-order valence-corrected chi connectivity index (χ0v) is 10.8. The molecular formula is C14H11ClF3N. The summed E-state index contributed by atoms with van der Waals surface area (Å²) in [7, 11) is 0. The molecule has 0 fully saturated rings. The third-order valence-electron chi connectivity index (χ3n) is 2.93. The zero-order valence-electron chi connectivity index (χ0n) is 10.1. The fraction of sp³-hybridized carbons (Fsp3) is 0.143. The lowest BCUT2D eigenvalue weighted by Crippen LogP contribution is -2.15. The molecule has 1 atom stereocenters. The van der Waals surface area contributed by atoms with Crippen molar-refractivity contribution in [3.63, 3.8) is 0 Å². The normalized spacial score (nSPS) is 12.5. The Hall–Kier alpha value is -1.52. The highest BCUT2D eigenvalue weighted by Gasteiger charge is 2.19. The third kappa shape index (κ3) is 2.60. The zero-order chi connectivity index (χ0) is 14.2. The van der Waals surface area contributed by atoms with Gasteiger partial charge in [-0.05, 0) is 30.2 Å². The van der Waals surface area contributed by atoms with Gasteiger partial charge >= 0.3 is 0 Å². The summed E-state index contributed by atoms with van der Waals surface area (Å²) in [5.74, 6) is -2.61. The van der Waals surface area contributed by atoms with Crippen molar-refractivity contribution in [3.8, 4) is 0 Å². The highest BCUT2D eigenvalue weighted by atomic mass is 35.5. The van der Waals surface area contributed by atoms with Gasteiger partial charge in [0.2, 0.25) is 0 Å². The van der Waals surface area contributed by atoms with Crippen LogP contribution in [-0.2, 0) is 0 Å². The minimum absolute atomic E-state index is 0.0349. The van der Waals surface area contributed by atoms with Gasteiger partial charge in [-0.2, -0.15) is 0 Å². The second kappa shape index (κ2) is 5.23. The van der Waals surface area contributed by atoms with E-state index in [2.05, 4.69) is 0 Å². The largest absolute Gasteiger partial charge is 0.320 e. The Balaban J connectivity index is 2.53. The molecule has 0 saturated heterocycles. The van der Waals surface area contributed by atoms with E-state index in [4.69, 9.17) is 17.3 Å². The first kappa shape index (κ1) is 13.9. The molecular weight excluding hydrogens is 275 g/mol. The molecule has 2 rings (SSSR count). The lowest BCUT2D eigenvalue weighted by Gasteiger charge is -2.16. The number of nitrogens with two attached hydrogens (primary N) is 1. The summed E-state index contributed by atoms with van der Waals surface area (Å²) in [5.41, 5.74) is 6.65. The van der Waals surface area contributed by atoms with Gasteiger partial charge in [0.05, 0.1) is 6.04 Å². The Morgan fingerprint density at radius 2 is 1.68 bits per heavy atom. The lowest BCUT2D eigenvalue weighted by atomic mass is 9.97. The highest BCUT2D eigenvalue weighted by Crippen LogP contribution is 2.30. The first-order valence-corrected chi connectivity index (χ1v) is 5.94. The molecule has 19 heavy (non-hydrogen) atoms. The molecule has 2 N–H and O–H groups in total. The minimum Gasteiger partial charge on any atom is -0.320 e. The van der Waals surface area contributed by atoms with Crippen LogP contribution in [0.4, 0.5) is 13.2 Å². The monoisotopic (exact) mass is 285 g/mol. The van der Waals surface area contributed by atoms with Crippen LogP contribution < -0.4 is 5.73 Å². The Morgan fingerprint density at radius 3 is 2.37 bits per heavy atom. The summed E-state index contributed by atoms with van der Waals surface area (Å²) in [5, 5.41) is -0.0349. The molecule has 0 aliphatic heterocycles. The summed E-state index contributed by atoms with van der Waals surface area (Å²) >= 11 is 5.83. The van der Waals surface area contributed by atoms with E-state index in [9.17, 15) is 13.2 Å². The van der Waals surface area contributed by atoms with Gasteiger partial charge in [0, 0.05) is 10.6 Å². The van der Waals surface area contributed by atoms with Crippen LogP contribution >= 0.6 is 11.6 Å². The lowest BCUT2D eigenvalue weighted by molar-refractivity contribution is 0.506. The number of aryl methyl sites for hydroxylation is 1. The van der Waals surface area contributed by atoms with Gasteiger partial charge in [-0.15, -0.1) is 0 Å². The fourth-order valence-electron chi connectivity index (χ4n) is 1.85. The number of halogens is 4. The molecule has 0 aliphatic carbocycles. The predicted molar refractivity (Wildman–Crippen MR) is 68.5 cm³/mol. The minimum atomic E-state index is -1.07.